The Morgan fingerprint density at radius 1 is 1.48 bits per heavy atom. The molecular weight excluding hydrogens is 298 g/mol. The third-order valence-electron chi connectivity index (χ3n) is 3.08. The van der Waals surface area contributed by atoms with Crippen LogP contribution >= 0.6 is 0 Å². The summed E-state index contributed by atoms with van der Waals surface area (Å²) in [7, 11) is -3.98. The van der Waals surface area contributed by atoms with Crippen LogP contribution < -0.4 is 20.9 Å². The lowest BCUT2D eigenvalue weighted by Crippen LogP contribution is -2.40. The van der Waals surface area contributed by atoms with E-state index in [4.69, 9.17) is 16.2 Å². The largest absolute Gasteiger partial charge is 0.492 e. The van der Waals surface area contributed by atoms with Gasteiger partial charge in [-0.25, -0.2) is 13.1 Å². The summed E-state index contributed by atoms with van der Waals surface area (Å²) in [6.07, 6.45) is -0.145. The number of primary amides is 1. The fourth-order valence-electron chi connectivity index (χ4n) is 2.04. The number of aliphatic hydroxyl groups is 1. The zero-order valence-electron chi connectivity index (χ0n) is 11.2. The quantitative estimate of drug-likeness (QED) is 0.498. The Morgan fingerprint density at radius 3 is 2.86 bits per heavy atom. The highest BCUT2D eigenvalue weighted by Crippen LogP contribution is 2.34. The van der Waals surface area contributed by atoms with Gasteiger partial charge in [0.1, 0.15) is 16.7 Å². The molecule has 1 heterocycles. The molecule has 0 aliphatic carbocycles. The van der Waals surface area contributed by atoms with E-state index in [1.54, 1.807) is 6.07 Å². The van der Waals surface area contributed by atoms with Gasteiger partial charge in [0.15, 0.2) is 0 Å². The summed E-state index contributed by atoms with van der Waals surface area (Å²) >= 11 is 0. The number of nitrogens with one attached hydrogen (secondary N) is 1. The van der Waals surface area contributed by atoms with Gasteiger partial charge in [-0.05, 0) is 30.5 Å². The smallest absolute Gasteiger partial charge is 0.247 e. The Balaban J connectivity index is 2.32. The van der Waals surface area contributed by atoms with Gasteiger partial charge in [-0.3, -0.25) is 4.79 Å². The van der Waals surface area contributed by atoms with Crippen LogP contribution in [-0.2, 0) is 21.2 Å². The number of hydrogen-bond acceptors (Lipinski definition) is 6. The summed E-state index contributed by atoms with van der Waals surface area (Å²) in [6.45, 7) is -0.0927. The van der Waals surface area contributed by atoms with Gasteiger partial charge >= 0.3 is 0 Å². The molecule has 2 rings (SSSR count). The maximum Gasteiger partial charge on any atom is 0.247 e. The molecule has 1 aromatic carbocycles. The molecule has 0 aromatic heterocycles. The molecule has 0 spiro atoms. The minimum Gasteiger partial charge on any atom is -0.492 e. The molecule has 1 amide bonds. The van der Waals surface area contributed by atoms with Crippen LogP contribution in [0.2, 0.25) is 0 Å². The number of rotatable bonds is 5. The molecule has 1 unspecified atom stereocenters. The number of hydrogen-bond donors (Lipinski definition) is 4. The van der Waals surface area contributed by atoms with Crippen molar-refractivity contribution in [1.82, 2.24) is 4.72 Å². The second-order valence-electron chi connectivity index (χ2n) is 4.73. The van der Waals surface area contributed by atoms with Crippen LogP contribution in [0.1, 0.15) is 12.0 Å². The number of anilines is 1. The number of sulfonamides is 1. The molecule has 0 saturated carbocycles. The van der Waals surface area contributed by atoms with E-state index in [1.165, 1.54) is 6.07 Å². The molecule has 0 bridgehead atoms. The third-order valence-corrected chi connectivity index (χ3v) is 4.50. The Bertz CT molecular complexity index is 659. The minimum atomic E-state index is -3.98. The Labute approximate surface area is 122 Å². The summed E-state index contributed by atoms with van der Waals surface area (Å²) < 4.78 is 32.1. The van der Waals surface area contributed by atoms with Crippen molar-refractivity contribution in [2.24, 2.45) is 5.73 Å². The normalized spacial score (nSPS) is 15.9. The minimum absolute atomic E-state index is 0.103. The van der Waals surface area contributed by atoms with Crippen molar-refractivity contribution < 1.29 is 23.1 Å². The van der Waals surface area contributed by atoms with Gasteiger partial charge in [-0.1, -0.05) is 0 Å². The van der Waals surface area contributed by atoms with Crippen molar-refractivity contribution in [3.63, 3.8) is 0 Å². The van der Waals surface area contributed by atoms with E-state index in [1.807, 2.05) is 0 Å². The number of nitrogen functional groups attached to an aromatic ring is 1. The topological polar surface area (TPSA) is 145 Å². The summed E-state index contributed by atoms with van der Waals surface area (Å²) in [6, 6.07) is 2.95. The molecule has 1 aliphatic rings. The number of carbonyl (C=O) groups excluding carboxylic acids is 1. The van der Waals surface area contributed by atoms with Gasteiger partial charge in [-0.15, -0.1) is 0 Å². The first-order chi connectivity index (χ1) is 9.81. The van der Waals surface area contributed by atoms with Crippen LogP contribution in [0, 0.1) is 0 Å². The van der Waals surface area contributed by atoms with Crippen molar-refractivity contribution in [3.8, 4) is 5.75 Å². The Kier molecular flexibility index (Phi) is 4.35. The van der Waals surface area contributed by atoms with E-state index in [0.29, 0.717) is 18.7 Å². The summed E-state index contributed by atoms with van der Waals surface area (Å²) in [5.74, 6) is -0.750. The highest BCUT2D eigenvalue weighted by atomic mass is 32.2. The lowest BCUT2D eigenvalue weighted by atomic mass is 10.1. The van der Waals surface area contributed by atoms with Gasteiger partial charge in [0.25, 0.3) is 0 Å². The average Bonchev–Trinajstić information content (AvgIpc) is 2.43. The molecule has 21 heavy (non-hydrogen) atoms. The van der Waals surface area contributed by atoms with Crippen molar-refractivity contribution in [2.75, 3.05) is 18.9 Å². The van der Waals surface area contributed by atoms with Crippen molar-refractivity contribution in [3.05, 3.63) is 17.7 Å². The molecule has 0 radical (unpaired) electrons. The molecular formula is C12H17N3O5S. The van der Waals surface area contributed by atoms with Gasteiger partial charge < -0.3 is 21.3 Å². The van der Waals surface area contributed by atoms with Crippen molar-refractivity contribution >= 4 is 21.6 Å². The summed E-state index contributed by atoms with van der Waals surface area (Å²) in [5.41, 5.74) is 11.6. The first-order valence-corrected chi connectivity index (χ1v) is 7.82. The number of fused-ring (bicyclic) bond motifs is 1. The first-order valence-electron chi connectivity index (χ1n) is 6.33. The molecule has 6 N–H and O–H groups in total. The second kappa shape index (κ2) is 5.88. The molecule has 0 fully saturated rings. The number of aliphatic hydroxyl groups excluding tert-OH is 1. The van der Waals surface area contributed by atoms with Crippen LogP contribution in [0.25, 0.3) is 0 Å². The second-order valence-corrected chi connectivity index (χ2v) is 6.46. The van der Waals surface area contributed by atoms with Gasteiger partial charge in [0, 0.05) is 12.2 Å². The van der Waals surface area contributed by atoms with E-state index in [-0.39, 0.29) is 10.6 Å². The Morgan fingerprint density at radius 2 is 2.19 bits per heavy atom. The lowest BCUT2D eigenvalue weighted by Gasteiger charge is -2.21. The molecule has 0 saturated heterocycles. The summed E-state index contributed by atoms with van der Waals surface area (Å²) in [5, 5.41) is 9.27. The van der Waals surface area contributed by atoms with E-state index in [9.17, 15) is 18.3 Å². The van der Waals surface area contributed by atoms with Crippen LogP contribution in [0.4, 0.5) is 5.69 Å². The SMILES string of the molecule is NC(=O)C(O)CNS(=O)(=O)c1cc(N)cc2c1OCCC2. The third kappa shape index (κ3) is 3.43. The van der Waals surface area contributed by atoms with Crippen LogP contribution in [0.15, 0.2) is 17.0 Å². The highest BCUT2D eigenvalue weighted by Gasteiger charge is 2.26. The molecule has 9 heteroatoms. The van der Waals surface area contributed by atoms with Crippen LogP contribution in [-0.4, -0.2) is 38.7 Å². The summed E-state index contributed by atoms with van der Waals surface area (Å²) in [4.78, 5) is 10.6. The van der Waals surface area contributed by atoms with E-state index in [2.05, 4.69) is 4.72 Å². The lowest BCUT2D eigenvalue weighted by molar-refractivity contribution is -0.125. The average molecular weight is 315 g/mol. The monoisotopic (exact) mass is 315 g/mol. The van der Waals surface area contributed by atoms with E-state index >= 15 is 0 Å². The maximum atomic E-state index is 12.3. The predicted octanol–water partition coefficient (Wildman–Crippen LogP) is -1.28. The molecule has 1 aromatic rings. The van der Waals surface area contributed by atoms with Crippen molar-refractivity contribution in [2.45, 2.75) is 23.8 Å². The Hall–Kier alpha value is -1.84. The number of nitrogens with two attached hydrogens (primary N) is 2. The fraction of sp³-hybridized carbons (Fsp3) is 0.417. The number of aryl methyl sites for hydroxylation is 1. The zero-order valence-corrected chi connectivity index (χ0v) is 12.0. The predicted molar refractivity (Wildman–Crippen MR) is 75.1 cm³/mol. The molecule has 1 aliphatic heterocycles. The number of ether oxygens (including phenoxy) is 1. The molecule has 1 atom stereocenters. The number of benzene rings is 1. The first kappa shape index (κ1) is 15.5. The van der Waals surface area contributed by atoms with Gasteiger partial charge in [0.05, 0.1) is 6.61 Å². The van der Waals surface area contributed by atoms with E-state index in [0.717, 1.165) is 12.0 Å². The maximum absolute atomic E-state index is 12.3. The number of amides is 1. The molecule has 8 nitrogen and oxygen atoms in total. The highest BCUT2D eigenvalue weighted by molar-refractivity contribution is 7.89. The standard InChI is InChI=1S/C12H17N3O5S/c13-8-4-7-2-1-3-20-11(7)10(5-8)21(18,19)15-6-9(16)12(14)17/h4-5,9,15-16H,1-3,6,13H2,(H2,14,17). The fourth-order valence-corrected chi connectivity index (χ4v) is 3.29. The molecule has 116 valence electrons. The van der Waals surface area contributed by atoms with E-state index < -0.39 is 28.6 Å². The van der Waals surface area contributed by atoms with Gasteiger partial charge in [-0.2, -0.15) is 0 Å². The van der Waals surface area contributed by atoms with Crippen LogP contribution in [0.3, 0.4) is 0 Å². The van der Waals surface area contributed by atoms with Crippen molar-refractivity contribution in [1.29, 1.82) is 0 Å². The zero-order chi connectivity index (χ0) is 15.6. The van der Waals surface area contributed by atoms with Gasteiger partial charge in [0.2, 0.25) is 15.9 Å². The number of carbonyl (C=O) groups is 1. The van der Waals surface area contributed by atoms with Crippen LogP contribution in [0.5, 0.6) is 5.75 Å².